The second kappa shape index (κ2) is 10.7. The molecule has 0 saturated carbocycles. The molecular weight excluding hydrogens is 478 g/mol. The molecule has 3 aromatic rings. The van der Waals surface area contributed by atoms with Crippen LogP contribution >= 0.6 is 0 Å². The first kappa shape index (κ1) is 25.2. The molecule has 0 spiro atoms. The maximum atomic E-state index is 12.7. The minimum atomic E-state index is -4.02. The summed E-state index contributed by atoms with van der Waals surface area (Å²) in [4.78, 5) is 35.0. The monoisotopic (exact) mass is 499 g/mol. The van der Waals surface area contributed by atoms with Gasteiger partial charge in [0.15, 0.2) is 6.10 Å². The molecule has 0 aliphatic carbocycles. The number of hydrogen-bond acceptors (Lipinski definition) is 8. The third kappa shape index (κ3) is 6.54. The van der Waals surface area contributed by atoms with Gasteiger partial charge in [-0.15, -0.1) is 0 Å². The summed E-state index contributed by atoms with van der Waals surface area (Å²) >= 11 is 0. The molecule has 0 aliphatic rings. The highest BCUT2D eigenvalue weighted by Gasteiger charge is 2.22. The predicted octanol–water partition coefficient (Wildman–Crippen LogP) is 3.59. The normalized spacial score (nSPS) is 11.7. The second-order valence-electron chi connectivity index (χ2n) is 7.21. The Hall–Kier alpha value is -4.45. The van der Waals surface area contributed by atoms with Gasteiger partial charge in [-0.3, -0.25) is 19.6 Å². The molecule has 11 nitrogen and oxygen atoms in total. The summed E-state index contributed by atoms with van der Waals surface area (Å²) in [6.45, 7) is 1.32. The number of anilines is 2. The molecule has 0 saturated heterocycles. The number of ether oxygens (including phenoxy) is 2. The van der Waals surface area contributed by atoms with Crippen LogP contribution < -0.4 is 14.8 Å². The van der Waals surface area contributed by atoms with E-state index in [1.165, 1.54) is 62.6 Å². The van der Waals surface area contributed by atoms with E-state index in [2.05, 4.69) is 10.0 Å². The number of non-ortho nitro benzene ring substituents is 1. The fourth-order valence-corrected chi connectivity index (χ4v) is 3.99. The summed E-state index contributed by atoms with van der Waals surface area (Å²) < 4.78 is 38.1. The molecule has 35 heavy (non-hydrogen) atoms. The molecular formula is C23H21N3O8S. The van der Waals surface area contributed by atoms with Gasteiger partial charge in [-0.05, 0) is 55.5 Å². The van der Waals surface area contributed by atoms with Gasteiger partial charge in [0.25, 0.3) is 21.6 Å². The van der Waals surface area contributed by atoms with Gasteiger partial charge >= 0.3 is 5.97 Å². The number of carbonyl (C=O) groups is 2. The molecule has 1 amide bonds. The van der Waals surface area contributed by atoms with E-state index in [-0.39, 0.29) is 21.8 Å². The number of amides is 1. The largest absolute Gasteiger partial charge is 0.497 e. The molecule has 3 rings (SSSR count). The lowest BCUT2D eigenvalue weighted by Gasteiger charge is -2.14. The fraction of sp³-hybridized carbons (Fsp3) is 0.130. The lowest BCUT2D eigenvalue weighted by atomic mass is 10.2. The Morgan fingerprint density at radius 1 is 0.971 bits per heavy atom. The Bertz CT molecular complexity index is 1360. The number of esters is 1. The number of carbonyl (C=O) groups excluding carboxylic acids is 2. The van der Waals surface area contributed by atoms with Crippen molar-refractivity contribution >= 4 is 39.0 Å². The molecule has 0 bridgehead atoms. The smallest absolute Gasteiger partial charge is 0.338 e. The van der Waals surface area contributed by atoms with Gasteiger partial charge in [0, 0.05) is 23.5 Å². The van der Waals surface area contributed by atoms with Crippen LogP contribution in [0.5, 0.6) is 5.75 Å². The number of hydrogen-bond donors (Lipinski definition) is 2. The van der Waals surface area contributed by atoms with Gasteiger partial charge in [0.2, 0.25) is 0 Å². The third-order valence-corrected chi connectivity index (χ3v) is 6.08. The molecule has 0 fully saturated rings. The Morgan fingerprint density at radius 3 is 2.31 bits per heavy atom. The molecule has 0 aliphatic heterocycles. The van der Waals surface area contributed by atoms with Crippen LogP contribution in [-0.2, 0) is 19.6 Å². The second-order valence-corrected chi connectivity index (χ2v) is 8.89. The number of nitrogens with one attached hydrogen (secondary N) is 2. The topological polar surface area (TPSA) is 154 Å². The van der Waals surface area contributed by atoms with E-state index >= 15 is 0 Å². The van der Waals surface area contributed by atoms with E-state index < -0.39 is 32.9 Å². The molecule has 12 heteroatoms. The number of methoxy groups -OCH3 is 1. The van der Waals surface area contributed by atoms with E-state index in [0.717, 1.165) is 12.1 Å². The zero-order valence-corrected chi connectivity index (χ0v) is 19.4. The van der Waals surface area contributed by atoms with Crippen molar-refractivity contribution in [3.8, 4) is 5.75 Å². The van der Waals surface area contributed by atoms with Crippen LogP contribution in [-0.4, -0.2) is 38.4 Å². The first-order valence-electron chi connectivity index (χ1n) is 10.1. The number of nitro benzene ring substituents is 1. The summed E-state index contributed by atoms with van der Waals surface area (Å²) in [5.74, 6) is -1.08. The molecule has 1 atom stereocenters. The van der Waals surface area contributed by atoms with Crippen molar-refractivity contribution in [1.82, 2.24) is 0 Å². The molecule has 1 unspecified atom stereocenters. The van der Waals surface area contributed by atoms with Crippen LogP contribution in [0.25, 0.3) is 0 Å². The van der Waals surface area contributed by atoms with E-state index in [1.54, 1.807) is 12.1 Å². The highest BCUT2D eigenvalue weighted by atomic mass is 32.2. The number of nitrogens with zero attached hydrogens (tertiary/aromatic N) is 1. The van der Waals surface area contributed by atoms with E-state index in [9.17, 15) is 28.1 Å². The van der Waals surface area contributed by atoms with Crippen LogP contribution in [0.15, 0.2) is 77.7 Å². The fourth-order valence-electron chi connectivity index (χ4n) is 2.89. The van der Waals surface area contributed by atoms with Crippen molar-refractivity contribution in [3.05, 3.63) is 88.5 Å². The maximum Gasteiger partial charge on any atom is 0.338 e. The first-order chi connectivity index (χ1) is 16.6. The van der Waals surface area contributed by atoms with Crippen molar-refractivity contribution in [3.63, 3.8) is 0 Å². The summed E-state index contributed by atoms with van der Waals surface area (Å²) in [6.07, 6.45) is -1.26. The van der Waals surface area contributed by atoms with Crippen LogP contribution in [0.3, 0.4) is 0 Å². The van der Waals surface area contributed by atoms with Crippen LogP contribution in [0.1, 0.15) is 17.3 Å². The Balaban J connectivity index is 1.68. The van der Waals surface area contributed by atoms with Gasteiger partial charge in [0.1, 0.15) is 5.75 Å². The van der Waals surface area contributed by atoms with Crippen LogP contribution in [0.4, 0.5) is 17.1 Å². The Labute approximate surface area is 200 Å². The van der Waals surface area contributed by atoms with Crippen LogP contribution in [0.2, 0.25) is 0 Å². The van der Waals surface area contributed by atoms with E-state index in [1.807, 2.05) is 0 Å². The summed E-state index contributed by atoms with van der Waals surface area (Å²) in [5, 5.41) is 13.3. The molecule has 0 aromatic heterocycles. The van der Waals surface area contributed by atoms with Crippen molar-refractivity contribution < 1.29 is 32.4 Å². The number of rotatable bonds is 9. The SMILES string of the molecule is COc1ccc(NS(=O)(=O)c2cccc(C(=O)OC(C)C(=O)Nc3cccc([N+](=O)[O-])c3)c2)cc1. The molecule has 3 aromatic carbocycles. The molecule has 0 radical (unpaired) electrons. The van der Waals surface area contributed by atoms with Crippen molar-refractivity contribution in [2.45, 2.75) is 17.9 Å². The lowest BCUT2D eigenvalue weighted by molar-refractivity contribution is -0.384. The van der Waals surface area contributed by atoms with Gasteiger partial charge in [0.05, 0.1) is 22.5 Å². The van der Waals surface area contributed by atoms with Crippen LogP contribution in [0, 0.1) is 10.1 Å². The average molecular weight is 500 g/mol. The van der Waals surface area contributed by atoms with Crippen molar-refractivity contribution in [2.24, 2.45) is 0 Å². The minimum absolute atomic E-state index is 0.0856. The summed E-state index contributed by atoms with van der Waals surface area (Å²) in [5.41, 5.74) is 0.154. The zero-order valence-electron chi connectivity index (χ0n) is 18.6. The van der Waals surface area contributed by atoms with Crippen molar-refractivity contribution in [1.29, 1.82) is 0 Å². The highest BCUT2D eigenvalue weighted by molar-refractivity contribution is 7.92. The Morgan fingerprint density at radius 2 is 1.66 bits per heavy atom. The summed E-state index contributed by atoms with van der Waals surface area (Å²) in [7, 11) is -2.53. The Kier molecular flexibility index (Phi) is 7.66. The summed E-state index contributed by atoms with van der Waals surface area (Å²) in [6, 6.07) is 16.7. The number of sulfonamides is 1. The molecule has 0 heterocycles. The van der Waals surface area contributed by atoms with Crippen molar-refractivity contribution in [2.75, 3.05) is 17.1 Å². The van der Waals surface area contributed by atoms with E-state index in [4.69, 9.17) is 9.47 Å². The minimum Gasteiger partial charge on any atom is -0.497 e. The first-order valence-corrected chi connectivity index (χ1v) is 11.6. The average Bonchev–Trinajstić information content (AvgIpc) is 2.84. The van der Waals surface area contributed by atoms with Gasteiger partial charge in [-0.25, -0.2) is 13.2 Å². The quantitative estimate of drug-likeness (QED) is 0.257. The number of benzene rings is 3. The zero-order chi connectivity index (χ0) is 25.6. The standard InChI is InChI=1S/C23H21N3O8S/c1-15(22(27)24-18-6-4-7-19(14-18)26(29)30)34-23(28)16-5-3-8-21(13-16)35(31,32)25-17-9-11-20(33-2)12-10-17/h3-15,25H,1-2H3,(H,24,27). The predicted molar refractivity (Wildman–Crippen MR) is 127 cm³/mol. The van der Waals surface area contributed by atoms with Gasteiger partial charge in [-0.1, -0.05) is 12.1 Å². The highest BCUT2D eigenvalue weighted by Crippen LogP contribution is 2.21. The molecule has 182 valence electrons. The lowest BCUT2D eigenvalue weighted by Crippen LogP contribution is -2.30. The van der Waals surface area contributed by atoms with Gasteiger partial charge < -0.3 is 14.8 Å². The maximum absolute atomic E-state index is 12.7. The number of nitro groups is 1. The van der Waals surface area contributed by atoms with E-state index in [0.29, 0.717) is 11.4 Å². The molecule has 2 N–H and O–H groups in total. The van der Waals surface area contributed by atoms with Gasteiger partial charge in [-0.2, -0.15) is 0 Å². The third-order valence-electron chi connectivity index (χ3n) is 4.70.